The largest absolute Gasteiger partial charge is 0.445 e. The Balaban J connectivity index is 1.63. The number of aromatic nitrogens is 1. The maximum absolute atomic E-state index is 13.3. The Bertz CT molecular complexity index is 968. The highest BCUT2D eigenvalue weighted by Crippen LogP contribution is 2.29. The Morgan fingerprint density at radius 1 is 1.04 bits per heavy atom. The molecule has 1 aromatic heterocycles. The molecule has 2 heterocycles. The monoisotopic (exact) mass is 360 g/mol. The maximum atomic E-state index is 13.3. The van der Waals surface area contributed by atoms with E-state index in [0.29, 0.717) is 19.5 Å². The second-order valence-electron chi connectivity index (χ2n) is 8.03. The quantitative estimate of drug-likeness (QED) is 0.657. The SMILES string of the molecule is CC(C)(C)c1nc2c(o1)CCN(C(=O)c1ccccc1-c1ccccc1)C2. The molecule has 0 saturated heterocycles. The van der Waals surface area contributed by atoms with Gasteiger partial charge in [-0.3, -0.25) is 4.79 Å². The lowest BCUT2D eigenvalue weighted by Gasteiger charge is -2.26. The molecule has 0 N–H and O–H groups in total. The van der Waals surface area contributed by atoms with Gasteiger partial charge in [-0.15, -0.1) is 0 Å². The summed E-state index contributed by atoms with van der Waals surface area (Å²) in [6.07, 6.45) is 0.706. The zero-order valence-corrected chi connectivity index (χ0v) is 16.0. The van der Waals surface area contributed by atoms with Gasteiger partial charge in [0.2, 0.25) is 0 Å². The molecule has 0 radical (unpaired) electrons. The fourth-order valence-corrected chi connectivity index (χ4v) is 3.40. The van der Waals surface area contributed by atoms with E-state index in [9.17, 15) is 4.79 Å². The maximum Gasteiger partial charge on any atom is 0.254 e. The summed E-state index contributed by atoms with van der Waals surface area (Å²) in [5.41, 5.74) is 3.50. The van der Waals surface area contributed by atoms with Gasteiger partial charge in [0.25, 0.3) is 5.91 Å². The van der Waals surface area contributed by atoms with Gasteiger partial charge < -0.3 is 9.32 Å². The summed E-state index contributed by atoms with van der Waals surface area (Å²) in [6, 6.07) is 17.8. The molecule has 27 heavy (non-hydrogen) atoms. The lowest BCUT2D eigenvalue weighted by molar-refractivity contribution is 0.0728. The van der Waals surface area contributed by atoms with Crippen molar-refractivity contribution in [3.8, 4) is 11.1 Å². The van der Waals surface area contributed by atoms with Crippen LogP contribution < -0.4 is 0 Å². The summed E-state index contributed by atoms with van der Waals surface area (Å²) in [4.78, 5) is 19.8. The van der Waals surface area contributed by atoms with Gasteiger partial charge in [-0.1, -0.05) is 69.3 Å². The van der Waals surface area contributed by atoms with Gasteiger partial charge in [0, 0.05) is 23.9 Å². The molecule has 0 saturated carbocycles. The van der Waals surface area contributed by atoms with Crippen molar-refractivity contribution in [3.63, 3.8) is 0 Å². The molecule has 4 nitrogen and oxygen atoms in total. The highest BCUT2D eigenvalue weighted by molar-refractivity contribution is 6.00. The Labute approximate surface area is 159 Å². The summed E-state index contributed by atoms with van der Waals surface area (Å²) in [5, 5.41) is 0. The van der Waals surface area contributed by atoms with Crippen LogP contribution in [-0.2, 0) is 18.4 Å². The van der Waals surface area contributed by atoms with Gasteiger partial charge in [0.05, 0.1) is 6.54 Å². The number of benzene rings is 2. The van der Waals surface area contributed by atoms with Crippen molar-refractivity contribution in [2.24, 2.45) is 0 Å². The molecule has 0 aliphatic carbocycles. The Morgan fingerprint density at radius 2 is 1.74 bits per heavy atom. The predicted molar refractivity (Wildman–Crippen MR) is 106 cm³/mol. The molecule has 0 atom stereocenters. The van der Waals surface area contributed by atoms with Crippen LogP contribution in [-0.4, -0.2) is 22.3 Å². The summed E-state index contributed by atoms with van der Waals surface area (Å²) in [7, 11) is 0. The Kier molecular flexibility index (Phi) is 4.34. The van der Waals surface area contributed by atoms with Crippen LogP contribution in [0.5, 0.6) is 0 Å². The van der Waals surface area contributed by atoms with Crippen LogP contribution in [0.4, 0.5) is 0 Å². The molecule has 0 unspecified atom stereocenters. The summed E-state index contributed by atoms with van der Waals surface area (Å²) in [5.74, 6) is 1.70. The third-order valence-electron chi connectivity index (χ3n) is 4.90. The standard InChI is InChI=1S/C23H24N2O2/c1-23(2,3)22-24-19-15-25(14-13-20(19)27-22)21(26)18-12-8-7-11-17(18)16-9-5-4-6-10-16/h4-12H,13-15H2,1-3H3. The molecule has 0 fully saturated rings. The van der Waals surface area contributed by atoms with Gasteiger partial charge >= 0.3 is 0 Å². The van der Waals surface area contributed by atoms with Crippen molar-refractivity contribution in [1.29, 1.82) is 0 Å². The summed E-state index contributed by atoms with van der Waals surface area (Å²) >= 11 is 0. The van der Waals surface area contributed by atoms with Crippen molar-refractivity contribution < 1.29 is 9.21 Å². The third kappa shape index (κ3) is 3.39. The van der Waals surface area contributed by atoms with Crippen LogP contribution in [0.2, 0.25) is 0 Å². The predicted octanol–water partition coefficient (Wildman–Crippen LogP) is 4.84. The van der Waals surface area contributed by atoms with Gasteiger partial charge in [-0.25, -0.2) is 4.98 Å². The number of hydrogen-bond donors (Lipinski definition) is 0. The van der Waals surface area contributed by atoms with Crippen LogP contribution in [0.1, 0.15) is 48.5 Å². The van der Waals surface area contributed by atoms with Crippen molar-refractivity contribution >= 4 is 5.91 Å². The smallest absolute Gasteiger partial charge is 0.254 e. The van der Waals surface area contributed by atoms with Gasteiger partial charge in [-0.05, 0) is 17.2 Å². The summed E-state index contributed by atoms with van der Waals surface area (Å²) < 4.78 is 5.95. The first kappa shape index (κ1) is 17.5. The van der Waals surface area contributed by atoms with Crippen LogP contribution in [0.3, 0.4) is 0 Å². The highest BCUT2D eigenvalue weighted by atomic mass is 16.4. The third-order valence-corrected chi connectivity index (χ3v) is 4.90. The van der Waals surface area contributed by atoms with Crippen molar-refractivity contribution in [3.05, 3.63) is 77.5 Å². The van der Waals surface area contributed by atoms with Crippen LogP contribution in [0.25, 0.3) is 11.1 Å². The van der Waals surface area contributed by atoms with E-state index in [4.69, 9.17) is 4.42 Å². The van der Waals surface area contributed by atoms with Gasteiger partial charge in [0.1, 0.15) is 11.5 Å². The molecule has 1 aliphatic rings. The lowest BCUT2D eigenvalue weighted by Crippen LogP contribution is -2.36. The van der Waals surface area contributed by atoms with Crippen LogP contribution in [0, 0.1) is 0 Å². The van der Waals surface area contributed by atoms with Crippen molar-refractivity contribution in [1.82, 2.24) is 9.88 Å². The fourth-order valence-electron chi connectivity index (χ4n) is 3.40. The minimum absolute atomic E-state index is 0.0420. The molecule has 4 heteroatoms. The number of carbonyl (C=O) groups is 1. The van der Waals surface area contributed by atoms with E-state index >= 15 is 0 Å². The first-order valence-corrected chi connectivity index (χ1v) is 9.36. The van der Waals surface area contributed by atoms with E-state index < -0.39 is 0 Å². The van der Waals surface area contributed by atoms with Crippen molar-refractivity contribution in [2.75, 3.05) is 6.54 Å². The minimum atomic E-state index is -0.133. The fraction of sp³-hybridized carbons (Fsp3) is 0.304. The second-order valence-corrected chi connectivity index (χ2v) is 8.03. The first-order valence-electron chi connectivity index (χ1n) is 9.36. The van der Waals surface area contributed by atoms with E-state index in [1.807, 2.05) is 59.5 Å². The lowest BCUT2D eigenvalue weighted by atomic mass is 9.97. The molecule has 4 rings (SSSR count). The number of carbonyl (C=O) groups excluding carboxylic acids is 1. The molecule has 3 aromatic rings. The molecular weight excluding hydrogens is 336 g/mol. The van der Waals surface area contributed by atoms with Crippen molar-refractivity contribution in [2.45, 2.75) is 39.2 Å². The zero-order chi connectivity index (χ0) is 19.0. The zero-order valence-electron chi connectivity index (χ0n) is 16.0. The molecule has 0 bridgehead atoms. The number of rotatable bonds is 2. The van der Waals surface area contributed by atoms with Crippen LogP contribution >= 0.6 is 0 Å². The van der Waals surface area contributed by atoms with E-state index in [0.717, 1.165) is 34.0 Å². The minimum Gasteiger partial charge on any atom is -0.445 e. The number of oxazole rings is 1. The van der Waals surface area contributed by atoms with E-state index in [1.54, 1.807) is 0 Å². The molecule has 0 spiro atoms. The van der Waals surface area contributed by atoms with E-state index in [1.165, 1.54) is 0 Å². The Morgan fingerprint density at radius 3 is 2.48 bits per heavy atom. The number of nitrogens with zero attached hydrogens (tertiary/aromatic N) is 2. The van der Waals surface area contributed by atoms with Crippen LogP contribution in [0.15, 0.2) is 59.0 Å². The molecule has 138 valence electrons. The van der Waals surface area contributed by atoms with E-state index in [-0.39, 0.29) is 11.3 Å². The second kappa shape index (κ2) is 6.69. The molecule has 2 aromatic carbocycles. The molecule has 1 amide bonds. The first-order chi connectivity index (χ1) is 12.9. The topological polar surface area (TPSA) is 46.3 Å². The van der Waals surface area contributed by atoms with Gasteiger partial charge in [0.15, 0.2) is 5.89 Å². The average molecular weight is 360 g/mol. The molecule has 1 aliphatic heterocycles. The Hall–Kier alpha value is -2.88. The number of amides is 1. The number of fused-ring (bicyclic) bond motifs is 1. The van der Waals surface area contributed by atoms with Gasteiger partial charge in [-0.2, -0.15) is 0 Å². The summed E-state index contributed by atoms with van der Waals surface area (Å²) in [6.45, 7) is 7.40. The number of hydrogen-bond acceptors (Lipinski definition) is 3. The van der Waals surface area contributed by atoms with E-state index in [2.05, 4.69) is 25.8 Å². The highest BCUT2D eigenvalue weighted by Gasteiger charge is 2.30. The molecular formula is C23H24N2O2. The normalized spacial score (nSPS) is 14.1. The average Bonchev–Trinajstić information content (AvgIpc) is 3.12.